The maximum atomic E-state index is 12.3. The summed E-state index contributed by atoms with van der Waals surface area (Å²) in [5.74, 6) is 0.105. The van der Waals surface area contributed by atoms with E-state index in [2.05, 4.69) is 15.0 Å². The molecule has 1 amide bonds. The van der Waals surface area contributed by atoms with Crippen LogP contribution in [-0.2, 0) is 27.2 Å². The number of nitrogens with zero attached hydrogens (tertiary/aromatic N) is 1. The van der Waals surface area contributed by atoms with Gasteiger partial charge in [0.15, 0.2) is 5.13 Å². The number of thiazole rings is 1. The number of carbonyl (C=O) groups excluding carboxylic acids is 2. The Morgan fingerprint density at radius 2 is 2.26 bits per heavy atom. The lowest BCUT2D eigenvalue weighted by Gasteiger charge is -2.24. The number of aromatic nitrogens is 1. The molecule has 1 aliphatic heterocycles. The van der Waals surface area contributed by atoms with Crippen LogP contribution in [-0.4, -0.2) is 30.6 Å². The van der Waals surface area contributed by atoms with Gasteiger partial charge in [0.2, 0.25) is 5.91 Å². The summed E-state index contributed by atoms with van der Waals surface area (Å²) in [5, 5.41) is 5.01. The van der Waals surface area contributed by atoms with E-state index in [9.17, 15) is 9.59 Å². The molecule has 1 aromatic heterocycles. The van der Waals surface area contributed by atoms with Gasteiger partial charge < -0.3 is 14.8 Å². The van der Waals surface area contributed by atoms with Crippen LogP contribution >= 0.6 is 11.3 Å². The summed E-state index contributed by atoms with van der Waals surface area (Å²) in [7, 11) is 1.33. The van der Waals surface area contributed by atoms with E-state index in [1.807, 2.05) is 24.3 Å². The number of rotatable bonds is 4. The Kier molecular flexibility index (Phi) is 4.57. The highest BCUT2D eigenvalue weighted by Gasteiger charge is 2.26. The Balaban J connectivity index is 1.61. The number of ether oxygens (including phenoxy) is 2. The van der Waals surface area contributed by atoms with Crippen LogP contribution in [0.3, 0.4) is 0 Å². The highest BCUT2D eigenvalue weighted by atomic mass is 32.1. The number of benzene rings is 1. The Bertz CT molecular complexity index is 728. The molecule has 0 saturated heterocycles. The van der Waals surface area contributed by atoms with E-state index in [0.29, 0.717) is 23.9 Å². The molecule has 23 heavy (non-hydrogen) atoms. The van der Waals surface area contributed by atoms with Gasteiger partial charge in [-0.1, -0.05) is 18.2 Å². The minimum atomic E-state index is -0.356. The molecule has 0 fully saturated rings. The van der Waals surface area contributed by atoms with Gasteiger partial charge in [0.1, 0.15) is 12.4 Å². The van der Waals surface area contributed by atoms with Crippen molar-refractivity contribution in [3.8, 4) is 5.75 Å². The molecule has 0 spiro atoms. The van der Waals surface area contributed by atoms with Crippen molar-refractivity contribution < 1.29 is 19.1 Å². The molecular formula is C16H16N2O4S. The van der Waals surface area contributed by atoms with E-state index in [1.54, 1.807) is 5.38 Å². The van der Waals surface area contributed by atoms with Gasteiger partial charge in [0.05, 0.1) is 25.1 Å². The first-order valence-electron chi connectivity index (χ1n) is 7.18. The second-order valence-corrected chi connectivity index (χ2v) is 6.06. The van der Waals surface area contributed by atoms with Gasteiger partial charge in [0.25, 0.3) is 0 Å². The zero-order valence-electron chi connectivity index (χ0n) is 12.6. The molecule has 0 radical (unpaired) electrons. The molecule has 2 heterocycles. The molecule has 1 aromatic carbocycles. The van der Waals surface area contributed by atoms with Crippen LogP contribution in [0.1, 0.15) is 11.3 Å². The van der Waals surface area contributed by atoms with Gasteiger partial charge in [-0.15, -0.1) is 11.3 Å². The van der Waals surface area contributed by atoms with Crippen LogP contribution in [0.2, 0.25) is 0 Å². The second kappa shape index (κ2) is 6.78. The highest BCUT2D eigenvalue weighted by Crippen LogP contribution is 2.27. The van der Waals surface area contributed by atoms with E-state index in [1.165, 1.54) is 18.4 Å². The Morgan fingerprint density at radius 3 is 3.09 bits per heavy atom. The number of hydrogen-bond acceptors (Lipinski definition) is 6. The number of fused-ring (bicyclic) bond motifs is 1. The van der Waals surface area contributed by atoms with Crippen molar-refractivity contribution in [3.05, 3.63) is 40.9 Å². The molecule has 1 N–H and O–H groups in total. The van der Waals surface area contributed by atoms with Gasteiger partial charge in [-0.3, -0.25) is 9.59 Å². The molecule has 1 aliphatic rings. The number of para-hydroxylation sites is 1. The van der Waals surface area contributed by atoms with Gasteiger partial charge in [-0.25, -0.2) is 4.98 Å². The van der Waals surface area contributed by atoms with Crippen LogP contribution in [0.4, 0.5) is 5.13 Å². The third kappa shape index (κ3) is 3.68. The molecule has 7 heteroatoms. The van der Waals surface area contributed by atoms with Crippen LogP contribution in [0.5, 0.6) is 5.75 Å². The summed E-state index contributed by atoms with van der Waals surface area (Å²) in [6, 6.07) is 7.72. The van der Waals surface area contributed by atoms with Crippen LogP contribution in [0.15, 0.2) is 29.6 Å². The van der Waals surface area contributed by atoms with Crippen molar-refractivity contribution in [2.75, 3.05) is 19.0 Å². The Labute approximate surface area is 137 Å². The normalized spacial score (nSPS) is 16.1. The second-order valence-electron chi connectivity index (χ2n) is 5.21. The number of carbonyl (C=O) groups is 2. The van der Waals surface area contributed by atoms with Gasteiger partial charge in [0, 0.05) is 5.38 Å². The van der Waals surface area contributed by atoms with Crippen molar-refractivity contribution >= 4 is 28.3 Å². The summed E-state index contributed by atoms with van der Waals surface area (Å²) in [5.41, 5.74) is 1.62. The van der Waals surface area contributed by atoms with Crippen LogP contribution in [0.25, 0.3) is 0 Å². The Hall–Kier alpha value is -2.41. The lowest BCUT2D eigenvalue weighted by molar-refractivity contribution is -0.139. The van der Waals surface area contributed by atoms with Crippen LogP contribution < -0.4 is 10.1 Å². The maximum Gasteiger partial charge on any atom is 0.311 e. The smallest absolute Gasteiger partial charge is 0.311 e. The van der Waals surface area contributed by atoms with Crippen molar-refractivity contribution in [2.45, 2.75) is 12.8 Å². The Morgan fingerprint density at radius 1 is 1.43 bits per heavy atom. The maximum absolute atomic E-state index is 12.3. The number of methoxy groups -OCH3 is 1. The number of anilines is 1. The average Bonchev–Trinajstić information content (AvgIpc) is 3.01. The van der Waals surface area contributed by atoms with Crippen LogP contribution in [0, 0.1) is 5.92 Å². The first-order valence-corrected chi connectivity index (χ1v) is 8.06. The standard InChI is InChI=1S/C16H16N2O4S/c1-21-14(19)7-12-9-23-16(17-12)18-15(20)11-6-10-4-2-3-5-13(10)22-8-11/h2-5,9,11H,6-8H2,1H3,(H,17,18,20)/t11-/m0/s1. The van der Waals surface area contributed by atoms with Crippen molar-refractivity contribution in [3.63, 3.8) is 0 Å². The molecule has 120 valence electrons. The van der Waals surface area contributed by atoms with Crippen molar-refractivity contribution in [1.29, 1.82) is 0 Å². The quantitative estimate of drug-likeness (QED) is 0.867. The van der Waals surface area contributed by atoms with Gasteiger partial charge in [-0.05, 0) is 18.1 Å². The predicted octanol–water partition coefficient (Wildman–Crippen LogP) is 2.05. The van der Waals surface area contributed by atoms with E-state index >= 15 is 0 Å². The summed E-state index contributed by atoms with van der Waals surface area (Å²) in [6.45, 7) is 0.350. The summed E-state index contributed by atoms with van der Waals surface area (Å²) < 4.78 is 10.2. The largest absolute Gasteiger partial charge is 0.492 e. The predicted molar refractivity (Wildman–Crippen MR) is 85.6 cm³/mol. The summed E-state index contributed by atoms with van der Waals surface area (Å²) in [6.07, 6.45) is 0.741. The summed E-state index contributed by atoms with van der Waals surface area (Å²) >= 11 is 1.29. The molecule has 0 aliphatic carbocycles. The minimum Gasteiger partial charge on any atom is -0.492 e. The first kappa shape index (κ1) is 15.5. The molecule has 0 bridgehead atoms. The lowest BCUT2D eigenvalue weighted by atomic mass is 9.96. The zero-order chi connectivity index (χ0) is 16.2. The third-order valence-electron chi connectivity index (χ3n) is 3.58. The molecule has 0 unspecified atom stereocenters. The number of hydrogen-bond donors (Lipinski definition) is 1. The molecule has 2 aromatic rings. The van der Waals surface area contributed by atoms with E-state index in [0.717, 1.165) is 11.3 Å². The SMILES string of the molecule is COC(=O)Cc1csc(NC(=O)[C@@H]2COc3ccccc3C2)n1. The van der Waals surface area contributed by atoms with E-state index in [4.69, 9.17) is 4.74 Å². The molecular weight excluding hydrogens is 316 g/mol. The minimum absolute atomic E-state index is 0.1000. The molecule has 3 rings (SSSR count). The van der Waals surface area contributed by atoms with Gasteiger partial charge in [-0.2, -0.15) is 0 Å². The third-order valence-corrected chi connectivity index (χ3v) is 4.39. The lowest BCUT2D eigenvalue weighted by Crippen LogP contribution is -2.32. The monoisotopic (exact) mass is 332 g/mol. The fraction of sp³-hybridized carbons (Fsp3) is 0.312. The average molecular weight is 332 g/mol. The van der Waals surface area contributed by atoms with Gasteiger partial charge >= 0.3 is 5.97 Å². The topological polar surface area (TPSA) is 77.5 Å². The number of nitrogens with one attached hydrogen (secondary N) is 1. The number of esters is 1. The van der Waals surface area contributed by atoms with E-state index in [-0.39, 0.29) is 24.2 Å². The summed E-state index contributed by atoms with van der Waals surface area (Å²) in [4.78, 5) is 27.8. The molecule has 6 nitrogen and oxygen atoms in total. The van der Waals surface area contributed by atoms with Crippen molar-refractivity contribution in [1.82, 2.24) is 4.98 Å². The fourth-order valence-corrected chi connectivity index (χ4v) is 3.08. The van der Waals surface area contributed by atoms with E-state index < -0.39 is 0 Å². The van der Waals surface area contributed by atoms with Crippen molar-refractivity contribution in [2.24, 2.45) is 5.92 Å². The first-order chi connectivity index (χ1) is 11.2. The number of amides is 1. The highest BCUT2D eigenvalue weighted by molar-refractivity contribution is 7.13. The molecule has 0 saturated carbocycles. The zero-order valence-corrected chi connectivity index (χ0v) is 13.4. The molecule has 1 atom stereocenters. The fourth-order valence-electron chi connectivity index (χ4n) is 2.37.